The molecule has 6 heteroatoms. The lowest BCUT2D eigenvalue weighted by atomic mass is 10.2. The number of thioether (sulfide) groups is 1. The molecular formula is C15H12ClN3OS. The van der Waals surface area contributed by atoms with Gasteiger partial charge >= 0.3 is 0 Å². The minimum Gasteiger partial charge on any atom is -0.366 e. The van der Waals surface area contributed by atoms with Crippen LogP contribution in [0.15, 0.2) is 47.6 Å². The van der Waals surface area contributed by atoms with Gasteiger partial charge < -0.3 is 10.7 Å². The van der Waals surface area contributed by atoms with Crippen LogP contribution in [0, 0.1) is 0 Å². The normalized spacial score (nSPS) is 10.9. The van der Waals surface area contributed by atoms with Gasteiger partial charge in [-0.2, -0.15) is 0 Å². The Morgan fingerprint density at radius 1 is 1.29 bits per heavy atom. The van der Waals surface area contributed by atoms with Gasteiger partial charge in [0.05, 0.1) is 11.1 Å². The quantitative estimate of drug-likeness (QED) is 0.722. The number of aromatic nitrogens is 2. The number of para-hydroxylation sites is 1. The van der Waals surface area contributed by atoms with Gasteiger partial charge in [0, 0.05) is 10.8 Å². The molecule has 3 N–H and O–H groups in total. The Morgan fingerprint density at radius 3 is 2.86 bits per heavy atom. The molecule has 1 heterocycles. The zero-order valence-electron chi connectivity index (χ0n) is 11.0. The molecule has 0 radical (unpaired) electrons. The number of imidazole rings is 1. The predicted molar refractivity (Wildman–Crippen MR) is 85.6 cm³/mol. The predicted octanol–water partition coefficient (Wildman–Crippen LogP) is 3.61. The summed E-state index contributed by atoms with van der Waals surface area (Å²) in [6.07, 6.45) is 0. The first-order valence-electron chi connectivity index (χ1n) is 6.29. The van der Waals surface area contributed by atoms with Crippen molar-refractivity contribution in [1.29, 1.82) is 0 Å². The number of nitrogens with one attached hydrogen (secondary N) is 1. The lowest BCUT2D eigenvalue weighted by Gasteiger charge is -1.99. The maximum Gasteiger partial charge on any atom is 0.250 e. The first-order chi connectivity index (χ1) is 10.1. The summed E-state index contributed by atoms with van der Waals surface area (Å²) in [5.74, 6) is 0.269. The van der Waals surface area contributed by atoms with Gasteiger partial charge in [-0.3, -0.25) is 4.79 Å². The van der Waals surface area contributed by atoms with Crippen LogP contribution in [0.3, 0.4) is 0 Å². The Kier molecular flexibility index (Phi) is 3.86. The van der Waals surface area contributed by atoms with Gasteiger partial charge in [-0.1, -0.05) is 41.6 Å². The van der Waals surface area contributed by atoms with Crippen LogP contribution in [0.4, 0.5) is 0 Å². The lowest BCUT2D eigenvalue weighted by Crippen LogP contribution is -2.11. The third-order valence-corrected chi connectivity index (χ3v) is 4.20. The summed E-state index contributed by atoms with van der Waals surface area (Å²) in [5.41, 5.74) is 8.31. The average molecular weight is 318 g/mol. The fourth-order valence-electron chi connectivity index (χ4n) is 2.06. The number of H-pyrrole nitrogens is 1. The third-order valence-electron chi connectivity index (χ3n) is 3.02. The smallest absolute Gasteiger partial charge is 0.250 e. The van der Waals surface area contributed by atoms with E-state index >= 15 is 0 Å². The second-order valence-electron chi connectivity index (χ2n) is 4.53. The highest BCUT2D eigenvalue weighted by molar-refractivity contribution is 7.98. The number of amides is 1. The molecule has 0 aliphatic heterocycles. The van der Waals surface area contributed by atoms with E-state index in [0.29, 0.717) is 16.1 Å². The van der Waals surface area contributed by atoms with Crippen molar-refractivity contribution < 1.29 is 4.79 Å². The third kappa shape index (κ3) is 3.04. The van der Waals surface area contributed by atoms with Crippen molar-refractivity contribution in [2.24, 2.45) is 5.73 Å². The molecule has 21 heavy (non-hydrogen) atoms. The van der Waals surface area contributed by atoms with E-state index in [1.165, 1.54) is 0 Å². The van der Waals surface area contributed by atoms with Crippen molar-refractivity contribution in [2.45, 2.75) is 10.9 Å². The maximum atomic E-state index is 11.4. The summed E-state index contributed by atoms with van der Waals surface area (Å²) in [4.78, 5) is 19.0. The Labute approximate surface area is 130 Å². The summed E-state index contributed by atoms with van der Waals surface area (Å²) in [6, 6.07) is 13.0. The van der Waals surface area contributed by atoms with Gasteiger partial charge in [-0.05, 0) is 29.8 Å². The van der Waals surface area contributed by atoms with Crippen LogP contribution < -0.4 is 5.73 Å². The number of primary amides is 1. The molecule has 4 nitrogen and oxygen atoms in total. The second kappa shape index (κ2) is 5.79. The van der Waals surface area contributed by atoms with E-state index in [9.17, 15) is 4.79 Å². The SMILES string of the molecule is NC(=O)c1cccc2[nH]c(SCc3cccc(Cl)c3)nc12. The fraction of sp³-hybridized carbons (Fsp3) is 0.0667. The molecule has 2 aromatic carbocycles. The zero-order chi connectivity index (χ0) is 14.8. The summed E-state index contributed by atoms with van der Waals surface area (Å²) in [5, 5.41) is 1.47. The van der Waals surface area contributed by atoms with Crippen LogP contribution >= 0.6 is 23.4 Å². The minimum absolute atomic E-state index is 0.429. The molecule has 1 aromatic heterocycles. The van der Waals surface area contributed by atoms with Gasteiger partial charge in [-0.15, -0.1) is 0 Å². The van der Waals surface area contributed by atoms with E-state index in [1.807, 2.05) is 30.3 Å². The van der Waals surface area contributed by atoms with Gasteiger partial charge in [0.1, 0.15) is 5.52 Å². The van der Waals surface area contributed by atoms with E-state index in [-0.39, 0.29) is 0 Å². The highest BCUT2D eigenvalue weighted by Crippen LogP contribution is 2.25. The standard InChI is InChI=1S/C15H12ClN3OS/c16-10-4-1-3-9(7-10)8-21-15-18-12-6-2-5-11(14(17)20)13(12)19-15/h1-7H,8H2,(H2,17,20)(H,18,19). The molecule has 3 rings (SSSR count). The Balaban J connectivity index is 1.85. The van der Waals surface area contributed by atoms with E-state index in [0.717, 1.165) is 22.0 Å². The van der Waals surface area contributed by atoms with E-state index in [2.05, 4.69) is 9.97 Å². The molecule has 0 unspecified atom stereocenters. The van der Waals surface area contributed by atoms with Crippen molar-refractivity contribution in [1.82, 2.24) is 9.97 Å². The number of hydrogen-bond donors (Lipinski definition) is 2. The molecule has 0 atom stereocenters. The Hall–Kier alpha value is -1.98. The number of fused-ring (bicyclic) bond motifs is 1. The lowest BCUT2D eigenvalue weighted by molar-refractivity contribution is 0.100. The fourth-order valence-corrected chi connectivity index (χ4v) is 3.09. The van der Waals surface area contributed by atoms with Crippen molar-refractivity contribution in [3.05, 3.63) is 58.6 Å². The van der Waals surface area contributed by atoms with Crippen molar-refractivity contribution in [3.8, 4) is 0 Å². The van der Waals surface area contributed by atoms with Crippen molar-refractivity contribution in [2.75, 3.05) is 0 Å². The highest BCUT2D eigenvalue weighted by Gasteiger charge is 2.11. The number of halogens is 1. The number of rotatable bonds is 4. The number of benzene rings is 2. The molecule has 0 saturated carbocycles. The number of nitrogens with zero attached hydrogens (tertiary/aromatic N) is 1. The summed E-state index contributed by atoms with van der Waals surface area (Å²) in [7, 11) is 0. The first-order valence-corrected chi connectivity index (χ1v) is 7.65. The van der Waals surface area contributed by atoms with E-state index in [1.54, 1.807) is 23.9 Å². The summed E-state index contributed by atoms with van der Waals surface area (Å²) >= 11 is 7.51. The summed E-state index contributed by atoms with van der Waals surface area (Å²) < 4.78 is 0. The van der Waals surface area contributed by atoms with Gasteiger partial charge in [0.15, 0.2) is 5.16 Å². The zero-order valence-corrected chi connectivity index (χ0v) is 12.5. The van der Waals surface area contributed by atoms with Crippen LogP contribution in [0.2, 0.25) is 5.02 Å². The van der Waals surface area contributed by atoms with Gasteiger partial charge in [0.25, 0.3) is 5.91 Å². The minimum atomic E-state index is -0.474. The van der Waals surface area contributed by atoms with Crippen LogP contribution in [0.5, 0.6) is 0 Å². The van der Waals surface area contributed by atoms with Crippen LogP contribution in [-0.4, -0.2) is 15.9 Å². The molecule has 0 aliphatic rings. The van der Waals surface area contributed by atoms with Crippen LogP contribution in [-0.2, 0) is 5.75 Å². The maximum absolute atomic E-state index is 11.4. The number of carbonyl (C=O) groups excluding carboxylic acids is 1. The number of nitrogens with two attached hydrogens (primary N) is 1. The molecule has 0 aliphatic carbocycles. The number of aromatic amines is 1. The topological polar surface area (TPSA) is 71.8 Å². The molecule has 0 fully saturated rings. The molecule has 106 valence electrons. The molecular weight excluding hydrogens is 306 g/mol. The van der Waals surface area contributed by atoms with E-state index in [4.69, 9.17) is 17.3 Å². The molecule has 1 amide bonds. The van der Waals surface area contributed by atoms with Gasteiger partial charge in [-0.25, -0.2) is 4.98 Å². The van der Waals surface area contributed by atoms with Crippen molar-refractivity contribution in [3.63, 3.8) is 0 Å². The van der Waals surface area contributed by atoms with Gasteiger partial charge in [0.2, 0.25) is 0 Å². The van der Waals surface area contributed by atoms with Crippen LogP contribution in [0.25, 0.3) is 11.0 Å². The molecule has 0 spiro atoms. The van der Waals surface area contributed by atoms with E-state index < -0.39 is 5.91 Å². The van der Waals surface area contributed by atoms with Crippen LogP contribution in [0.1, 0.15) is 15.9 Å². The number of hydrogen-bond acceptors (Lipinski definition) is 3. The monoisotopic (exact) mass is 317 g/mol. The Bertz CT molecular complexity index is 816. The average Bonchev–Trinajstić information content (AvgIpc) is 2.87. The number of carbonyl (C=O) groups is 1. The largest absolute Gasteiger partial charge is 0.366 e. The summed E-state index contributed by atoms with van der Waals surface area (Å²) in [6.45, 7) is 0. The first kappa shape index (κ1) is 14.0. The molecule has 3 aromatic rings. The Morgan fingerprint density at radius 2 is 2.10 bits per heavy atom. The highest BCUT2D eigenvalue weighted by atomic mass is 35.5. The van der Waals surface area contributed by atoms with Crippen molar-refractivity contribution >= 4 is 40.3 Å². The molecule has 0 bridgehead atoms. The molecule has 0 saturated heterocycles. The second-order valence-corrected chi connectivity index (χ2v) is 5.93.